The number of benzene rings is 1. The van der Waals surface area contributed by atoms with E-state index < -0.39 is 5.82 Å². The number of carbonyl (C=O) groups excluding carboxylic acids is 1. The second-order valence-electron chi connectivity index (χ2n) is 3.92. The van der Waals surface area contributed by atoms with Gasteiger partial charge in [0, 0.05) is 25.6 Å². The summed E-state index contributed by atoms with van der Waals surface area (Å²) in [5, 5.41) is 11.2. The molecule has 0 saturated heterocycles. The molecule has 0 heterocycles. The van der Waals surface area contributed by atoms with E-state index in [0.717, 1.165) is 6.07 Å². The third-order valence-electron chi connectivity index (χ3n) is 2.58. The Morgan fingerprint density at radius 3 is 2.79 bits per heavy atom. The zero-order chi connectivity index (χ0) is 14.4. The van der Waals surface area contributed by atoms with E-state index in [1.54, 1.807) is 7.05 Å². The molecule has 1 amide bonds. The fraction of sp³-hybridized carbons (Fsp3) is 0.333. The quantitative estimate of drug-likeness (QED) is 0.362. The molecular weight excluding hydrogens is 253 g/mol. The van der Waals surface area contributed by atoms with E-state index in [4.69, 9.17) is 15.7 Å². The van der Waals surface area contributed by atoms with Crippen LogP contribution in [0.2, 0.25) is 0 Å². The first kappa shape index (κ1) is 14.7. The summed E-state index contributed by atoms with van der Waals surface area (Å²) in [4.78, 5) is 13.3. The van der Waals surface area contributed by atoms with E-state index in [-0.39, 0.29) is 36.0 Å². The summed E-state index contributed by atoms with van der Waals surface area (Å²) in [6, 6.07) is 3.98. The Balaban J connectivity index is 2.74. The van der Waals surface area contributed by atoms with E-state index in [1.165, 1.54) is 24.1 Å². The normalized spacial score (nSPS) is 11.2. The van der Waals surface area contributed by atoms with Crippen molar-refractivity contribution in [2.24, 2.45) is 10.9 Å². The number of amides is 1. The molecule has 0 radical (unpaired) electrons. The summed E-state index contributed by atoms with van der Waals surface area (Å²) in [5.41, 5.74) is 5.52. The zero-order valence-corrected chi connectivity index (χ0v) is 10.8. The van der Waals surface area contributed by atoms with Crippen molar-refractivity contribution in [3.8, 4) is 5.75 Å². The highest BCUT2D eigenvalue weighted by Crippen LogP contribution is 2.18. The molecule has 1 aromatic rings. The van der Waals surface area contributed by atoms with Crippen molar-refractivity contribution >= 4 is 11.7 Å². The third-order valence-corrected chi connectivity index (χ3v) is 2.58. The second kappa shape index (κ2) is 6.58. The molecule has 0 aliphatic heterocycles. The number of hydrogen-bond donors (Lipinski definition) is 2. The Morgan fingerprint density at radius 2 is 2.26 bits per heavy atom. The number of ether oxygens (including phenoxy) is 1. The van der Waals surface area contributed by atoms with Crippen molar-refractivity contribution in [1.82, 2.24) is 4.90 Å². The second-order valence-corrected chi connectivity index (χ2v) is 3.92. The van der Waals surface area contributed by atoms with Crippen LogP contribution >= 0.6 is 0 Å². The van der Waals surface area contributed by atoms with E-state index in [2.05, 4.69) is 5.16 Å². The lowest BCUT2D eigenvalue weighted by atomic mass is 10.2. The molecule has 0 spiro atoms. The average molecular weight is 269 g/mol. The van der Waals surface area contributed by atoms with Crippen LogP contribution in [0, 0.1) is 5.82 Å². The van der Waals surface area contributed by atoms with Gasteiger partial charge in [0.15, 0.2) is 11.6 Å². The van der Waals surface area contributed by atoms with Crippen LogP contribution < -0.4 is 10.5 Å². The lowest BCUT2D eigenvalue weighted by Gasteiger charge is -2.17. The Bertz CT molecular complexity index is 491. The molecule has 0 saturated carbocycles. The van der Waals surface area contributed by atoms with E-state index in [1.807, 2.05) is 0 Å². The molecule has 0 aromatic heterocycles. The number of hydrogen-bond acceptors (Lipinski definition) is 4. The van der Waals surface area contributed by atoms with Crippen molar-refractivity contribution in [3.63, 3.8) is 0 Å². The molecule has 0 bridgehead atoms. The van der Waals surface area contributed by atoms with E-state index in [9.17, 15) is 9.18 Å². The maximum Gasteiger partial charge on any atom is 0.253 e. The predicted octanol–water partition coefficient (Wildman–Crippen LogP) is 1.04. The van der Waals surface area contributed by atoms with Crippen molar-refractivity contribution < 1.29 is 19.1 Å². The standard InChI is InChI=1S/C12H16FN3O3/c1-16(6-5-11(14)15-18)12(17)8-3-4-10(19-2)9(13)7-8/h3-4,7,18H,5-6H2,1-2H3,(H2,14,15). The van der Waals surface area contributed by atoms with Gasteiger partial charge in [-0.1, -0.05) is 5.16 Å². The molecule has 1 rings (SSSR count). The number of carbonyl (C=O) groups is 1. The lowest BCUT2D eigenvalue weighted by molar-refractivity contribution is 0.0798. The van der Waals surface area contributed by atoms with Crippen LogP contribution in [0.4, 0.5) is 4.39 Å². The molecule has 0 aliphatic rings. The predicted molar refractivity (Wildman–Crippen MR) is 67.9 cm³/mol. The number of oxime groups is 1. The molecule has 0 aliphatic carbocycles. The average Bonchev–Trinajstić information content (AvgIpc) is 2.43. The van der Waals surface area contributed by atoms with Crippen molar-refractivity contribution in [2.45, 2.75) is 6.42 Å². The number of rotatable bonds is 5. The largest absolute Gasteiger partial charge is 0.494 e. The van der Waals surface area contributed by atoms with E-state index in [0.29, 0.717) is 0 Å². The summed E-state index contributed by atoms with van der Waals surface area (Å²) in [5.74, 6) is -0.845. The zero-order valence-electron chi connectivity index (χ0n) is 10.8. The van der Waals surface area contributed by atoms with Crippen molar-refractivity contribution in [1.29, 1.82) is 0 Å². The van der Waals surface area contributed by atoms with Gasteiger partial charge in [0.2, 0.25) is 0 Å². The highest BCUT2D eigenvalue weighted by Gasteiger charge is 2.14. The smallest absolute Gasteiger partial charge is 0.253 e. The molecule has 1 aromatic carbocycles. The van der Waals surface area contributed by atoms with Crippen molar-refractivity contribution in [3.05, 3.63) is 29.6 Å². The van der Waals surface area contributed by atoms with Crippen molar-refractivity contribution in [2.75, 3.05) is 20.7 Å². The summed E-state index contributed by atoms with van der Waals surface area (Å²) >= 11 is 0. The van der Waals surface area contributed by atoms with Crippen LogP contribution in [0.25, 0.3) is 0 Å². The summed E-state index contributed by atoms with van der Waals surface area (Å²) < 4.78 is 18.2. The Hall–Kier alpha value is -2.31. The molecular formula is C12H16FN3O3. The van der Waals surface area contributed by atoms with Crippen LogP contribution in [-0.4, -0.2) is 42.6 Å². The fourth-order valence-electron chi connectivity index (χ4n) is 1.45. The number of methoxy groups -OCH3 is 1. The minimum Gasteiger partial charge on any atom is -0.494 e. The Morgan fingerprint density at radius 1 is 1.58 bits per heavy atom. The van der Waals surface area contributed by atoms with Gasteiger partial charge < -0.3 is 20.6 Å². The van der Waals surface area contributed by atoms with Crippen LogP contribution in [-0.2, 0) is 0 Å². The third kappa shape index (κ3) is 3.84. The minimum absolute atomic E-state index is 0.0283. The molecule has 0 atom stereocenters. The van der Waals surface area contributed by atoms with Crippen LogP contribution in [0.5, 0.6) is 5.75 Å². The number of nitrogens with two attached hydrogens (primary N) is 1. The molecule has 6 nitrogen and oxygen atoms in total. The van der Waals surface area contributed by atoms with Crippen LogP contribution in [0.15, 0.2) is 23.4 Å². The highest BCUT2D eigenvalue weighted by molar-refractivity contribution is 5.94. The molecule has 19 heavy (non-hydrogen) atoms. The van der Waals surface area contributed by atoms with Gasteiger partial charge in [-0.2, -0.15) is 0 Å². The number of halogens is 1. The van der Waals surface area contributed by atoms with Gasteiger partial charge in [-0.15, -0.1) is 0 Å². The first-order valence-corrected chi connectivity index (χ1v) is 5.55. The number of amidine groups is 1. The van der Waals surface area contributed by atoms with Gasteiger partial charge in [-0.05, 0) is 18.2 Å². The minimum atomic E-state index is -0.599. The maximum atomic E-state index is 13.5. The van der Waals surface area contributed by atoms with Gasteiger partial charge in [-0.25, -0.2) is 4.39 Å². The summed E-state index contributed by atoms with van der Waals surface area (Å²) in [6.07, 6.45) is 0.234. The first-order valence-electron chi connectivity index (χ1n) is 5.55. The molecule has 0 unspecified atom stereocenters. The Kier molecular flexibility index (Phi) is 5.11. The molecule has 0 fully saturated rings. The first-order chi connectivity index (χ1) is 8.99. The Labute approximate surface area is 110 Å². The molecule has 7 heteroatoms. The fourth-order valence-corrected chi connectivity index (χ4v) is 1.45. The number of nitrogens with zero attached hydrogens (tertiary/aromatic N) is 2. The van der Waals surface area contributed by atoms with Gasteiger partial charge in [-0.3, -0.25) is 4.79 Å². The maximum absolute atomic E-state index is 13.5. The van der Waals surface area contributed by atoms with Gasteiger partial charge in [0.1, 0.15) is 5.84 Å². The summed E-state index contributed by atoms with van der Waals surface area (Å²) in [7, 11) is 2.90. The van der Waals surface area contributed by atoms with Crippen LogP contribution in [0.1, 0.15) is 16.8 Å². The highest BCUT2D eigenvalue weighted by atomic mass is 19.1. The van der Waals surface area contributed by atoms with Gasteiger partial charge in [0.05, 0.1) is 7.11 Å². The monoisotopic (exact) mass is 269 g/mol. The molecule has 104 valence electrons. The molecule has 3 N–H and O–H groups in total. The topological polar surface area (TPSA) is 88.2 Å². The van der Waals surface area contributed by atoms with E-state index >= 15 is 0 Å². The van der Waals surface area contributed by atoms with Crippen LogP contribution in [0.3, 0.4) is 0 Å². The van der Waals surface area contributed by atoms with Gasteiger partial charge >= 0.3 is 0 Å². The van der Waals surface area contributed by atoms with Gasteiger partial charge in [0.25, 0.3) is 5.91 Å². The summed E-state index contributed by atoms with van der Waals surface area (Å²) in [6.45, 7) is 0.266. The lowest BCUT2D eigenvalue weighted by Crippen LogP contribution is -2.30. The SMILES string of the molecule is COc1ccc(C(=O)N(C)CCC(N)=NO)cc1F.